The fourth-order valence-corrected chi connectivity index (χ4v) is 3.71. The molecular weight excluding hydrogens is 365 g/mol. The van der Waals surface area contributed by atoms with Gasteiger partial charge in [-0.2, -0.15) is 0 Å². The van der Waals surface area contributed by atoms with E-state index in [0.29, 0.717) is 6.04 Å². The summed E-state index contributed by atoms with van der Waals surface area (Å²) in [7, 11) is 0. The van der Waals surface area contributed by atoms with Crippen molar-refractivity contribution in [2.75, 3.05) is 0 Å². The van der Waals surface area contributed by atoms with Crippen molar-refractivity contribution in [3.8, 4) is 0 Å². The lowest BCUT2D eigenvalue weighted by Gasteiger charge is -2.17. The maximum absolute atomic E-state index is 13.1. The molecule has 1 fully saturated rings. The summed E-state index contributed by atoms with van der Waals surface area (Å²) in [4.78, 5) is 13.5. The molecular formula is C17H15BrFNOS. The number of amides is 1. The van der Waals surface area contributed by atoms with Crippen LogP contribution in [0.4, 0.5) is 4.39 Å². The molecule has 2 nitrogen and oxygen atoms in total. The Bertz CT molecular complexity index is 673. The molecule has 1 aliphatic carbocycles. The first-order valence-electron chi connectivity index (χ1n) is 7.10. The van der Waals surface area contributed by atoms with E-state index in [2.05, 4.69) is 21.2 Å². The molecule has 1 atom stereocenters. The number of thioether (sulfide) groups is 1. The topological polar surface area (TPSA) is 29.1 Å². The van der Waals surface area contributed by atoms with Crippen molar-refractivity contribution in [1.82, 2.24) is 5.32 Å². The van der Waals surface area contributed by atoms with Gasteiger partial charge in [0.05, 0.1) is 0 Å². The van der Waals surface area contributed by atoms with Crippen LogP contribution in [0.2, 0.25) is 0 Å². The first-order chi connectivity index (χ1) is 10.6. The van der Waals surface area contributed by atoms with Gasteiger partial charge in [-0.15, -0.1) is 11.8 Å². The number of carbonyl (C=O) groups is 1. The Balaban J connectivity index is 1.86. The van der Waals surface area contributed by atoms with Gasteiger partial charge in [-0.1, -0.05) is 24.3 Å². The molecule has 1 aliphatic rings. The Labute approximate surface area is 141 Å². The molecule has 5 heteroatoms. The van der Waals surface area contributed by atoms with Gasteiger partial charge in [0.2, 0.25) is 5.91 Å². The van der Waals surface area contributed by atoms with E-state index in [0.717, 1.165) is 27.8 Å². The van der Waals surface area contributed by atoms with Gasteiger partial charge in [-0.05, 0) is 58.6 Å². The zero-order chi connectivity index (χ0) is 15.5. The molecule has 1 N–H and O–H groups in total. The molecule has 0 aromatic heterocycles. The van der Waals surface area contributed by atoms with Gasteiger partial charge in [0, 0.05) is 15.4 Å². The zero-order valence-electron chi connectivity index (χ0n) is 11.8. The van der Waals surface area contributed by atoms with Gasteiger partial charge in [0.25, 0.3) is 0 Å². The van der Waals surface area contributed by atoms with Gasteiger partial charge >= 0.3 is 0 Å². The van der Waals surface area contributed by atoms with Crippen LogP contribution in [-0.2, 0) is 4.79 Å². The molecule has 1 saturated carbocycles. The van der Waals surface area contributed by atoms with E-state index in [1.807, 2.05) is 24.3 Å². The van der Waals surface area contributed by atoms with Crippen LogP contribution in [0.5, 0.6) is 0 Å². The van der Waals surface area contributed by atoms with Gasteiger partial charge in [-0.25, -0.2) is 4.39 Å². The minimum absolute atomic E-state index is 0.0186. The van der Waals surface area contributed by atoms with Gasteiger partial charge in [0.1, 0.15) is 11.1 Å². The molecule has 3 rings (SSSR count). The predicted octanol–water partition coefficient (Wildman–Crippen LogP) is 4.70. The molecule has 114 valence electrons. The van der Waals surface area contributed by atoms with E-state index >= 15 is 0 Å². The lowest BCUT2D eigenvalue weighted by Crippen LogP contribution is -2.29. The Morgan fingerprint density at radius 1 is 1.18 bits per heavy atom. The molecule has 0 bridgehead atoms. The van der Waals surface area contributed by atoms with Crippen LogP contribution >= 0.6 is 27.7 Å². The van der Waals surface area contributed by atoms with E-state index in [4.69, 9.17) is 0 Å². The third-order valence-electron chi connectivity index (χ3n) is 3.42. The van der Waals surface area contributed by atoms with Crippen molar-refractivity contribution in [2.45, 2.75) is 29.0 Å². The van der Waals surface area contributed by atoms with Crippen LogP contribution in [0.3, 0.4) is 0 Å². The van der Waals surface area contributed by atoms with Crippen molar-refractivity contribution in [3.63, 3.8) is 0 Å². The number of hydrogen-bond donors (Lipinski definition) is 1. The van der Waals surface area contributed by atoms with E-state index in [9.17, 15) is 9.18 Å². The fourth-order valence-electron chi connectivity index (χ4n) is 2.08. The Morgan fingerprint density at radius 2 is 1.86 bits per heavy atom. The Kier molecular flexibility index (Phi) is 4.84. The minimum Gasteiger partial charge on any atom is -0.352 e. The minimum atomic E-state index is -0.389. The van der Waals surface area contributed by atoms with Crippen LogP contribution in [-0.4, -0.2) is 11.9 Å². The second kappa shape index (κ2) is 6.84. The lowest BCUT2D eigenvalue weighted by atomic mass is 10.1. The van der Waals surface area contributed by atoms with Crippen molar-refractivity contribution < 1.29 is 9.18 Å². The smallest absolute Gasteiger partial charge is 0.238 e. The number of carbonyl (C=O) groups excluding carboxylic acids is 1. The number of rotatable bonds is 5. The quantitative estimate of drug-likeness (QED) is 0.762. The molecule has 22 heavy (non-hydrogen) atoms. The lowest BCUT2D eigenvalue weighted by molar-refractivity contribution is -0.120. The van der Waals surface area contributed by atoms with Crippen LogP contribution in [0.25, 0.3) is 0 Å². The summed E-state index contributed by atoms with van der Waals surface area (Å²) in [5, 5.41) is 2.65. The summed E-state index contributed by atoms with van der Waals surface area (Å²) < 4.78 is 14.1. The highest BCUT2D eigenvalue weighted by Gasteiger charge is 2.29. The first-order valence-corrected chi connectivity index (χ1v) is 8.78. The molecule has 0 radical (unpaired) electrons. The highest BCUT2D eigenvalue weighted by Crippen LogP contribution is 2.39. The predicted molar refractivity (Wildman–Crippen MR) is 90.3 cm³/mol. The van der Waals surface area contributed by atoms with E-state index in [1.165, 1.54) is 23.9 Å². The van der Waals surface area contributed by atoms with Crippen LogP contribution in [0, 0.1) is 5.82 Å². The largest absolute Gasteiger partial charge is 0.352 e. The average Bonchev–Trinajstić information content (AvgIpc) is 3.31. The number of benzene rings is 2. The Hall–Kier alpha value is -1.33. The third-order valence-corrected chi connectivity index (χ3v) is 5.70. The second-order valence-electron chi connectivity index (χ2n) is 5.26. The second-order valence-corrected chi connectivity index (χ2v) is 7.26. The van der Waals surface area contributed by atoms with Crippen LogP contribution in [0.15, 0.2) is 57.9 Å². The zero-order valence-corrected chi connectivity index (χ0v) is 14.2. The van der Waals surface area contributed by atoms with Gasteiger partial charge in [-0.3, -0.25) is 4.79 Å². The van der Waals surface area contributed by atoms with Crippen molar-refractivity contribution in [3.05, 3.63) is 64.4 Å². The van der Waals surface area contributed by atoms with Crippen molar-refractivity contribution in [2.24, 2.45) is 0 Å². The maximum Gasteiger partial charge on any atom is 0.238 e. The monoisotopic (exact) mass is 379 g/mol. The number of hydrogen-bond acceptors (Lipinski definition) is 2. The number of nitrogens with one attached hydrogen (secondary N) is 1. The van der Waals surface area contributed by atoms with Crippen molar-refractivity contribution >= 4 is 33.6 Å². The molecule has 0 saturated heterocycles. The molecule has 0 aliphatic heterocycles. The van der Waals surface area contributed by atoms with Crippen LogP contribution in [0.1, 0.15) is 23.7 Å². The van der Waals surface area contributed by atoms with E-state index < -0.39 is 0 Å². The number of halogens is 2. The van der Waals surface area contributed by atoms with E-state index in [1.54, 1.807) is 12.1 Å². The molecule has 2 aromatic carbocycles. The van der Waals surface area contributed by atoms with Crippen LogP contribution < -0.4 is 5.32 Å². The van der Waals surface area contributed by atoms with Crippen molar-refractivity contribution in [1.29, 1.82) is 0 Å². The summed E-state index contributed by atoms with van der Waals surface area (Å²) in [5.41, 5.74) is 0.806. The fraction of sp³-hybridized carbons (Fsp3) is 0.235. The third kappa shape index (κ3) is 3.90. The summed E-state index contributed by atoms with van der Waals surface area (Å²) in [6.45, 7) is 0. The van der Waals surface area contributed by atoms with E-state index in [-0.39, 0.29) is 17.0 Å². The Morgan fingerprint density at radius 3 is 2.50 bits per heavy atom. The summed E-state index contributed by atoms with van der Waals surface area (Å²) in [6.07, 6.45) is 2.09. The average molecular weight is 380 g/mol. The van der Waals surface area contributed by atoms with Gasteiger partial charge in [0.15, 0.2) is 0 Å². The summed E-state index contributed by atoms with van der Waals surface area (Å²) >= 11 is 4.98. The maximum atomic E-state index is 13.1. The highest BCUT2D eigenvalue weighted by molar-refractivity contribution is 9.10. The standard InChI is InChI=1S/C17H15BrFNOS/c18-14-3-1-2-4-15(14)22-16(17(21)20-13-9-10-13)11-5-7-12(19)8-6-11/h1-8,13,16H,9-10H2,(H,20,21). The normalized spacial score (nSPS) is 15.4. The molecule has 1 amide bonds. The summed E-state index contributed by atoms with van der Waals surface area (Å²) in [5.74, 6) is -0.314. The molecule has 0 spiro atoms. The SMILES string of the molecule is O=C(NC1CC1)C(Sc1ccccc1Br)c1ccc(F)cc1. The first kappa shape index (κ1) is 15.6. The highest BCUT2D eigenvalue weighted by atomic mass is 79.9. The van der Waals surface area contributed by atoms with Gasteiger partial charge < -0.3 is 5.32 Å². The summed E-state index contributed by atoms with van der Waals surface area (Å²) in [6, 6.07) is 14.2. The molecule has 1 unspecified atom stereocenters. The molecule has 0 heterocycles. The molecule has 2 aromatic rings.